The molecule has 24 heavy (non-hydrogen) atoms. The number of carbonyl (C=O) groups excluding carboxylic acids is 1. The molecule has 0 bridgehead atoms. The van der Waals surface area contributed by atoms with E-state index in [4.69, 9.17) is 5.73 Å². The number of carbonyl (C=O) groups is 1. The molecular formula is C16H25N5O3. The quantitative estimate of drug-likeness (QED) is 0.741. The normalized spacial score (nSPS) is 11.5. The second-order valence-corrected chi connectivity index (χ2v) is 6.44. The first-order valence-electron chi connectivity index (χ1n) is 8.35. The molecule has 0 aliphatic rings. The summed E-state index contributed by atoms with van der Waals surface area (Å²) in [6.07, 6.45) is 2.24. The highest BCUT2D eigenvalue weighted by molar-refractivity contribution is 5.74. The van der Waals surface area contributed by atoms with Crippen LogP contribution in [0.25, 0.3) is 11.2 Å². The summed E-state index contributed by atoms with van der Waals surface area (Å²) in [7, 11) is 0. The first-order valence-corrected chi connectivity index (χ1v) is 8.35. The molecule has 132 valence electrons. The molecule has 8 heteroatoms. The number of aromatic nitrogens is 4. The number of primary amides is 1. The van der Waals surface area contributed by atoms with Crippen LogP contribution in [0.4, 0.5) is 0 Å². The molecule has 0 saturated heterocycles. The first kappa shape index (κ1) is 18.0. The van der Waals surface area contributed by atoms with Gasteiger partial charge in [-0.15, -0.1) is 0 Å². The number of fused-ring (bicyclic) bond motifs is 1. The average Bonchev–Trinajstić information content (AvgIpc) is 2.83. The maximum Gasteiger partial charge on any atom is 0.330 e. The monoisotopic (exact) mass is 335 g/mol. The number of aryl methyl sites for hydroxylation is 2. The zero-order valence-corrected chi connectivity index (χ0v) is 14.5. The van der Waals surface area contributed by atoms with Crippen LogP contribution >= 0.6 is 0 Å². The van der Waals surface area contributed by atoms with E-state index in [1.807, 2.05) is 25.3 Å². The molecule has 8 nitrogen and oxygen atoms in total. The van der Waals surface area contributed by atoms with Gasteiger partial charge in [0.2, 0.25) is 5.91 Å². The van der Waals surface area contributed by atoms with Gasteiger partial charge >= 0.3 is 5.69 Å². The summed E-state index contributed by atoms with van der Waals surface area (Å²) in [5, 5.41) is 0. The molecular weight excluding hydrogens is 310 g/mol. The fourth-order valence-electron chi connectivity index (χ4n) is 2.73. The van der Waals surface area contributed by atoms with Gasteiger partial charge in [-0.05, 0) is 12.3 Å². The van der Waals surface area contributed by atoms with E-state index in [0.29, 0.717) is 36.5 Å². The number of H-pyrrole nitrogens is 1. The number of rotatable bonds is 8. The number of hydrogen-bond donors (Lipinski definition) is 2. The minimum Gasteiger partial charge on any atom is -0.370 e. The lowest BCUT2D eigenvalue weighted by atomic mass is 10.2. The molecule has 0 aromatic carbocycles. The van der Waals surface area contributed by atoms with E-state index in [0.717, 1.165) is 12.8 Å². The summed E-state index contributed by atoms with van der Waals surface area (Å²) in [4.78, 5) is 42.5. The molecule has 0 saturated carbocycles. The number of hydrogen-bond acceptors (Lipinski definition) is 4. The number of nitrogens with zero attached hydrogens (tertiary/aromatic N) is 3. The molecule has 0 aliphatic heterocycles. The average molecular weight is 335 g/mol. The van der Waals surface area contributed by atoms with Crippen molar-refractivity contribution in [2.75, 3.05) is 0 Å². The van der Waals surface area contributed by atoms with Crippen molar-refractivity contribution in [3.63, 3.8) is 0 Å². The fourth-order valence-corrected chi connectivity index (χ4v) is 2.73. The van der Waals surface area contributed by atoms with E-state index in [-0.39, 0.29) is 12.3 Å². The lowest BCUT2D eigenvalue weighted by Gasteiger charge is -2.11. The second kappa shape index (κ2) is 7.46. The van der Waals surface area contributed by atoms with Gasteiger partial charge in [0.1, 0.15) is 5.82 Å². The Morgan fingerprint density at radius 1 is 1.29 bits per heavy atom. The third-order valence-electron chi connectivity index (χ3n) is 3.84. The predicted molar refractivity (Wildman–Crippen MR) is 91.9 cm³/mol. The molecule has 2 heterocycles. The Kier molecular flexibility index (Phi) is 5.58. The van der Waals surface area contributed by atoms with E-state index in [1.54, 1.807) is 0 Å². The highest BCUT2D eigenvalue weighted by atomic mass is 16.2. The SMILES string of the molecule is CCCCn1c(=O)[nH]c(=O)c2c1nc(CCC(N)=O)n2CC(C)C. The molecule has 0 atom stereocenters. The molecule has 0 aliphatic carbocycles. The van der Waals surface area contributed by atoms with Crippen LogP contribution in [0, 0.1) is 5.92 Å². The summed E-state index contributed by atoms with van der Waals surface area (Å²) in [5.74, 6) is 0.472. The molecule has 2 aromatic rings. The molecule has 0 spiro atoms. The Hall–Kier alpha value is -2.38. The summed E-state index contributed by atoms with van der Waals surface area (Å²) < 4.78 is 3.31. The minimum atomic E-state index is -0.448. The predicted octanol–water partition coefficient (Wildman–Crippen LogP) is 0.760. The Morgan fingerprint density at radius 3 is 2.58 bits per heavy atom. The summed E-state index contributed by atoms with van der Waals surface area (Å²) in [5.41, 5.74) is 5.12. The molecule has 2 aromatic heterocycles. The van der Waals surface area contributed by atoms with E-state index in [9.17, 15) is 14.4 Å². The van der Waals surface area contributed by atoms with Crippen molar-refractivity contribution in [1.82, 2.24) is 19.1 Å². The lowest BCUT2D eigenvalue weighted by Crippen LogP contribution is -2.31. The topological polar surface area (TPSA) is 116 Å². The largest absolute Gasteiger partial charge is 0.370 e. The highest BCUT2D eigenvalue weighted by Crippen LogP contribution is 2.15. The van der Waals surface area contributed by atoms with E-state index in [1.165, 1.54) is 4.57 Å². The van der Waals surface area contributed by atoms with Crippen molar-refractivity contribution in [2.24, 2.45) is 11.7 Å². The van der Waals surface area contributed by atoms with Crippen LogP contribution in [0.2, 0.25) is 0 Å². The van der Waals surface area contributed by atoms with Gasteiger partial charge < -0.3 is 10.3 Å². The summed E-state index contributed by atoms with van der Waals surface area (Å²) >= 11 is 0. The van der Waals surface area contributed by atoms with Gasteiger partial charge in [0, 0.05) is 25.9 Å². The fraction of sp³-hybridized carbons (Fsp3) is 0.625. The van der Waals surface area contributed by atoms with Crippen LogP contribution in [0.3, 0.4) is 0 Å². The Bertz CT molecular complexity index is 844. The Balaban J connectivity index is 2.67. The van der Waals surface area contributed by atoms with Crippen LogP contribution in [-0.2, 0) is 24.3 Å². The number of nitrogens with two attached hydrogens (primary N) is 1. The molecule has 1 amide bonds. The van der Waals surface area contributed by atoms with Crippen molar-refractivity contribution in [2.45, 2.75) is 59.5 Å². The Labute approximate surface area is 139 Å². The third kappa shape index (κ3) is 3.74. The lowest BCUT2D eigenvalue weighted by molar-refractivity contribution is -0.118. The van der Waals surface area contributed by atoms with Crippen molar-refractivity contribution < 1.29 is 4.79 Å². The third-order valence-corrected chi connectivity index (χ3v) is 3.84. The second-order valence-electron chi connectivity index (χ2n) is 6.44. The van der Waals surface area contributed by atoms with Crippen molar-refractivity contribution in [3.05, 3.63) is 26.7 Å². The van der Waals surface area contributed by atoms with Gasteiger partial charge in [-0.2, -0.15) is 0 Å². The summed E-state index contributed by atoms with van der Waals surface area (Å²) in [6.45, 7) is 7.18. The Morgan fingerprint density at radius 2 is 2.00 bits per heavy atom. The number of nitrogens with one attached hydrogen (secondary N) is 1. The summed E-state index contributed by atoms with van der Waals surface area (Å²) in [6, 6.07) is 0. The zero-order valence-electron chi connectivity index (χ0n) is 14.5. The molecule has 0 fully saturated rings. The van der Waals surface area contributed by atoms with Gasteiger partial charge in [-0.1, -0.05) is 27.2 Å². The highest BCUT2D eigenvalue weighted by Gasteiger charge is 2.19. The number of aromatic amines is 1. The van der Waals surface area contributed by atoms with Gasteiger partial charge in [-0.25, -0.2) is 9.78 Å². The smallest absolute Gasteiger partial charge is 0.330 e. The number of unbranched alkanes of at least 4 members (excludes halogenated alkanes) is 1. The number of amides is 1. The van der Waals surface area contributed by atoms with E-state index in [2.05, 4.69) is 9.97 Å². The van der Waals surface area contributed by atoms with Crippen molar-refractivity contribution >= 4 is 17.1 Å². The van der Waals surface area contributed by atoms with Gasteiger partial charge in [-0.3, -0.25) is 19.1 Å². The molecule has 0 unspecified atom stereocenters. The van der Waals surface area contributed by atoms with E-state index >= 15 is 0 Å². The van der Waals surface area contributed by atoms with Crippen LogP contribution < -0.4 is 17.0 Å². The van der Waals surface area contributed by atoms with Gasteiger partial charge in [0.05, 0.1) is 0 Å². The van der Waals surface area contributed by atoms with Gasteiger partial charge in [0.25, 0.3) is 5.56 Å². The standard InChI is InChI=1S/C16H25N5O3/c1-4-5-8-20-14-13(15(23)19-16(20)24)21(9-10(2)3)12(18-14)7-6-11(17)22/h10H,4-9H2,1-3H3,(H2,17,22)(H,19,23,24). The van der Waals surface area contributed by atoms with Crippen molar-refractivity contribution in [3.8, 4) is 0 Å². The first-order chi connectivity index (χ1) is 11.3. The van der Waals surface area contributed by atoms with Crippen molar-refractivity contribution in [1.29, 1.82) is 0 Å². The van der Waals surface area contributed by atoms with Gasteiger partial charge in [0.15, 0.2) is 11.2 Å². The molecule has 0 radical (unpaired) electrons. The van der Waals surface area contributed by atoms with Crippen LogP contribution in [0.15, 0.2) is 9.59 Å². The molecule has 2 rings (SSSR count). The van der Waals surface area contributed by atoms with E-state index < -0.39 is 17.2 Å². The maximum absolute atomic E-state index is 12.4. The van der Waals surface area contributed by atoms with Crippen LogP contribution in [0.1, 0.15) is 45.9 Å². The van der Waals surface area contributed by atoms with Crippen LogP contribution in [0.5, 0.6) is 0 Å². The maximum atomic E-state index is 12.4. The zero-order chi connectivity index (χ0) is 17.9. The van der Waals surface area contributed by atoms with Crippen LogP contribution in [-0.4, -0.2) is 25.0 Å². The molecule has 3 N–H and O–H groups in total. The minimum absolute atomic E-state index is 0.151. The number of imidazole rings is 1.